The Hall–Kier alpha value is -2.48. The molecule has 4 nitrogen and oxygen atoms in total. The van der Waals surface area contributed by atoms with E-state index in [-0.39, 0.29) is 5.91 Å². The minimum Gasteiger partial charge on any atom is -0.496 e. The van der Waals surface area contributed by atoms with Crippen LogP contribution in [-0.4, -0.2) is 36.2 Å². The molecule has 142 valence electrons. The summed E-state index contributed by atoms with van der Waals surface area (Å²) in [6.45, 7) is 0.961. The number of aliphatic imine (C=N–C) groups is 1. The fourth-order valence-electron chi connectivity index (χ4n) is 2.64. The zero-order chi connectivity index (χ0) is 19.4. The summed E-state index contributed by atoms with van der Waals surface area (Å²) < 4.78 is 43.1. The quantitative estimate of drug-likeness (QED) is 0.769. The lowest BCUT2D eigenvalue weighted by molar-refractivity contribution is -0.137. The average Bonchev–Trinajstić information content (AvgIpc) is 3.14. The van der Waals surface area contributed by atoms with Crippen LogP contribution in [0.2, 0.25) is 0 Å². The Morgan fingerprint density at radius 3 is 2.56 bits per heavy atom. The maximum absolute atomic E-state index is 12.8. The molecule has 2 aromatic carbocycles. The first-order valence-electron chi connectivity index (χ1n) is 8.18. The monoisotopic (exact) mass is 394 g/mol. The van der Waals surface area contributed by atoms with Crippen LogP contribution in [0.4, 0.5) is 13.2 Å². The summed E-state index contributed by atoms with van der Waals surface area (Å²) in [6, 6.07) is 12.0. The number of amides is 1. The highest BCUT2D eigenvalue weighted by Gasteiger charge is 2.30. The van der Waals surface area contributed by atoms with E-state index in [1.54, 1.807) is 29.2 Å². The highest BCUT2D eigenvalue weighted by Crippen LogP contribution is 2.30. The van der Waals surface area contributed by atoms with Gasteiger partial charge in [-0.3, -0.25) is 14.7 Å². The number of alkyl halides is 3. The third-order valence-corrected chi connectivity index (χ3v) is 5.12. The number of hydrogen-bond donors (Lipinski definition) is 0. The van der Waals surface area contributed by atoms with Gasteiger partial charge in [0, 0.05) is 12.3 Å². The van der Waals surface area contributed by atoms with E-state index < -0.39 is 11.7 Å². The minimum atomic E-state index is -4.35. The largest absolute Gasteiger partial charge is 0.496 e. The van der Waals surface area contributed by atoms with E-state index in [0.717, 1.165) is 17.7 Å². The van der Waals surface area contributed by atoms with E-state index in [1.165, 1.54) is 31.0 Å². The maximum atomic E-state index is 12.8. The summed E-state index contributed by atoms with van der Waals surface area (Å²) in [7, 11) is 1.50. The maximum Gasteiger partial charge on any atom is 0.416 e. The van der Waals surface area contributed by atoms with Gasteiger partial charge in [-0.05, 0) is 29.8 Å². The summed E-state index contributed by atoms with van der Waals surface area (Å²) in [5.41, 5.74) is 0.499. The molecule has 0 N–H and O–H groups in total. The summed E-state index contributed by atoms with van der Waals surface area (Å²) in [5.74, 6) is 0.706. The predicted molar refractivity (Wildman–Crippen MR) is 99.1 cm³/mol. The zero-order valence-electron chi connectivity index (χ0n) is 14.5. The number of amidine groups is 1. The van der Waals surface area contributed by atoms with Crippen molar-refractivity contribution in [2.75, 3.05) is 20.2 Å². The number of rotatable bonds is 4. The van der Waals surface area contributed by atoms with Crippen molar-refractivity contribution in [3.05, 3.63) is 65.2 Å². The number of ether oxygens (including phenoxy) is 1. The lowest BCUT2D eigenvalue weighted by Gasteiger charge is -2.19. The minimum absolute atomic E-state index is 0.205. The summed E-state index contributed by atoms with van der Waals surface area (Å²) >= 11 is 1.33. The number of benzene rings is 2. The Bertz CT molecular complexity index is 851. The number of carbonyl (C=O) groups excluding carboxylic acids is 1. The molecule has 8 heteroatoms. The molecule has 1 heterocycles. The molecule has 0 unspecified atom stereocenters. The molecular weight excluding hydrogens is 377 g/mol. The van der Waals surface area contributed by atoms with Crippen LogP contribution in [0.1, 0.15) is 21.5 Å². The van der Waals surface area contributed by atoms with E-state index >= 15 is 0 Å². The number of nitrogens with zero attached hydrogens (tertiary/aromatic N) is 2. The first-order chi connectivity index (χ1) is 12.9. The van der Waals surface area contributed by atoms with E-state index in [1.807, 2.05) is 0 Å². The van der Waals surface area contributed by atoms with Crippen molar-refractivity contribution in [3.8, 4) is 5.75 Å². The average molecular weight is 394 g/mol. The van der Waals surface area contributed by atoms with Crippen LogP contribution in [0, 0.1) is 0 Å². The Kier molecular flexibility index (Phi) is 5.74. The normalized spacial score (nSPS) is 14.2. The molecule has 3 rings (SSSR count). The first kappa shape index (κ1) is 19.3. The Labute approximate surface area is 159 Å². The van der Waals surface area contributed by atoms with Crippen LogP contribution in [0.25, 0.3) is 0 Å². The first-order valence-corrected chi connectivity index (χ1v) is 9.17. The highest BCUT2D eigenvalue weighted by molar-refractivity contribution is 8.13. The molecule has 2 aromatic rings. The summed E-state index contributed by atoms with van der Waals surface area (Å²) in [4.78, 5) is 18.8. The molecule has 0 spiro atoms. The number of methoxy groups -OCH3 is 1. The SMILES string of the molecule is COc1ccccc1C(=O)N1CCN=C1SCc1ccc(C(F)(F)F)cc1. The van der Waals surface area contributed by atoms with Crippen LogP contribution in [-0.2, 0) is 11.9 Å². The van der Waals surface area contributed by atoms with Gasteiger partial charge >= 0.3 is 6.18 Å². The van der Waals surface area contributed by atoms with Crippen molar-refractivity contribution in [2.24, 2.45) is 4.99 Å². The van der Waals surface area contributed by atoms with Crippen molar-refractivity contribution in [2.45, 2.75) is 11.9 Å². The van der Waals surface area contributed by atoms with Crippen LogP contribution >= 0.6 is 11.8 Å². The van der Waals surface area contributed by atoms with Crippen LogP contribution in [0.5, 0.6) is 5.75 Å². The van der Waals surface area contributed by atoms with Gasteiger partial charge in [0.05, 0.1) is 24.8 Å². The van der Waals surface area contributed by atoms with Crippen molar-refractivity contribution in [1.82, 2.24) is 4.90 Å². The fraction of sp³-hybridized carbons (Fsp3) is 0.263. The molecule has 0 bridgehead atoms. The molecule has 0 aliphatic carbocycles. The molecule has 0 atom stereocenters. The number of hydrogen-bond acceptors (Lipinski definition) is 4. The molecule has 1 aliphatic heterocycles. The lowest BCUT2D eigenvalue weighted by atomic mass is 10.1. The van der Waals surface area contributed by atoms with Crippen LogP contribution in [0.3, 0.4) is 0 Å². The van der Waals surface area contributed by atoms with Gasteiger partial charge in [0.25, 0.3) is 5.91 Å². The predicted octanol–water partition coefficient (Wildman–Crippen LogP) is 4.46. The molecule has 0 radical (unpaired) electrons. The van der Waals surface area contributed by atoms with Gasteiger partial charge in [0.2, 0.25) is 0 Å². The second-order valence-electron chi connectivity index (χ2n) is 5.80. The van der Waals surface area contributed by atoms with Gasteiger partial charge < -0.3 is 4.74 Å². The summed E-state index contributed by atoms with van der Waals surface area (Å²) in [6.07, 6.45) is -4.35. The Morgan fingerprint density at radius 1 is 1.19 bits per heavy atom. The van der Waals surface area contributed by atoms with Gasteiger partial charge in [0.15, 0.2) is 5.17 Å². The van der Waals surface area contributed by atoms with Gasteiger partial charge in [-0.25, -0.2) is 0 Å². The third kappa shape index (κ3) is 4.44. The molecule has 0 aromatic heterocycles. The second kappa shape index (κ2) is 8.04. The van der Waals surface area contributed by atoms with Crippen LogP contribution < -0.4 is 4.74 Å². The molecule has 1 amide bonds. The Morgan fingerprint density at radius 2 is 1.89 bits per heavy atom. The fourth-order valence-corrected chi connectivity index (χ4v) is 3.64. The lowest BCUT2D eigenvalue weighted by Crippen LogP contribution is -2.33. The van der Waals surface area contributed by atoms with E-state index in [4.69, 9.17) is 4.74 Å². The van der Waals surface area contributed by atoms with Crippen molar-refractivity contribution >= 4 is 22.8 Å². The van der Waals surface area contributed by atoms with Gasteiger partial charge in [-0.15, -0.1) is 0 Å². The molecular formula is C19H17F3N2O2S. The number of carbonyl (C=O) groups is 1. The standard InChI is InChI=1S/C19H17F3N2O2S/c1-26-16-5-3-2-4-15(16)17(25)24-11-10-23-18(24)27-12-13-6-8-14(9-7-13)19(20,21)22/h2-9H,10-12H2,1H3. The third-order valence-electron chi connectivity index (χ3n) is 4.03. The van der Waals surface area contributed by atoms with E-state index in [2.05, 4.69) is 4.99 Å². The molecule has 0 saturated carbocycles. The Balaban J connectivity index is 1.67. The van der Waals surface area contributed by atoms with Crippen molar-refractivity contribution < 1.29 is 22.7 Å². The molecule has 0 saturated heterocycles. The molecule has 1 aliphatic rings. The zero-order valence-corrected chi connectivity index (χ0v) is 15.3. The second-order valence-corrected chi connectivity index (χ2v) is 6.75. The van der Waals surface area contributed by atoms with E-state index in [9.17, 15) is 18.0 Å². The van der Waals surface area contributed by atoms with Gasteiger partial charge in [-0.1, -0.05) is 36.0 Å². The van der Waals surface area contributed by atoms with Crippen LogP contribution in [0.15, 0.2) is 53.5 Å². The van der Waals surface area contributed by atoms with Gasteiger partial charge in [-0.2, -0.15) is 13.2 Å². The number of thioether (sulfide) groups is 1. The number of halogens is 3. The topological polar surface area (TPSA) is 41.9 Å². The smallest absolute Gasteiger partial charge is 0.416 e. The number of para-hydroxylation sites is 1. The van der Waals surface area contributed by atoms with Crippen molar-refractivity contribution in [3.63, 3.8) is 0 Å². The molecule has 27 heavy (non-hydrogen) atoms. The van der Waals surface area contributed by atoms with Crippen molar-refractivity contribution in [1.29, 1.82) is 0 Å². The van der Waals surface area contributed by atoms with E-state index in [0.29, 0.717) is 35.3 Å². The van der Waals surface area contributed by atoms with Gasteiger partial charge in [0.1, 0.15) is 5.75 Å². The highest BCUT2D eigenvalue weighted by atomic mass is 32.2. The summed E-state index contributed by atoms with van der Waals surface area (Å²) in [5, 5.41) is 0.561. The molecule has 0 fully saturated rings.